The molecule has 0 bridgehead atoms. The Hall–Kier alpha value is -1.81. The molecule has 1 aromatic carbocycles. The van der Waals surface area contributed by atoms with Crippen LogP contribution in [-0.2, 0) is 17.8 Å². The summed E-state index contributed by atoms with van der Waals surface area (Å²) in [5.74, 6) is 0.0179. The Balaban J connectivity index is 1.74. The van der Waals surface area contributed by atoms with Crippen LogP contribution >= 0.6 is 0 Å². The van der Waals surface area contributed by atoms with E-state index in [1.54, 1.807) is 0 Å². The van der Waals surface area contributed by atoms with E-state index in [-0.39, 0.29) is 6.04 Å². The number of H-pyrrole nitrogens is 1. The number of benzene rings is 1. The van der Waals surface area contributed by atoms with Crippen molar-refractivity contribution in [2.24, 2.45) is 5.92 Å². The third kappa shape index (κ3) is 1.91. The molecule has 4 rings (SSSR count). The molecule has 1 saturated carbocycles. The fraction of sp³-hybridized carbons (Fsp3) is 0.438. The zero-order chi connectivity index (χ0) is 13.7. The highest BCUT2D eigenvalue weighted by Gasteiger charge is 2.36. The lowest BCUT2D eigenvalue weighted by atomic mass is 9.96. The second-order valence-electron chi connectivity index (χ2n) is 6.06. The number of aromatic amines is 1. The molecule has 4 nitrogen and oxygen atoms in total. The highest BCUT2D eigenvalue weighted by atomic mass is 16.4. The van der Waals surface area contributed by atoms with E-state index in [4.69, 9.17) is 0 Å². The first-order chi connectivity index (χ1) is 9.72. The van der Waals surface area contributed by atoms with Crippen molar-refractivity contribution in [2.75, 3.05) is 6.54 Å². The first-order valence-electron chi connectivity index (χ1n) is 7.27. The monoisotopic (exact) mass is 270 g/mol. The van der Waals surface area contributed by atoms with Crippen molar-refractivity contribution in [1.29, 1.82) is 0 Å². The lowest BCUT2D eigenvalue weighted by molar-refractivity contribution is -0.144. The van der Waals surface area contributed by atoms with Crippen molar-refractivity contribution in [3.63, 3.8) is 0 Å². The van der Waals surface area contributed by atoms with Crippen LogP contribution in [0.25, 0.3) is 10.9 Å². The third-order valence-electron chi connectivity index (χ3n) is 4.58. The van der Waals surface area contributed by atoms with Crippen LogP contribution in [0, 0.1) is 5.92 Å². The van der Waals surface area contributed by atoms with Crippen molar-refractivity contribution in [1.82, 2.24) is 9.88 Å². The van der Waals surface area contributed by atoms with Gasteiger partial charge in [-0.3, -0.25) is 9.69 Å². The van der Waals surface area contributed by atoms with Crippen molar-refractivity contribution in [3.8, 4) is 0 Å². The Morgan fingerprint density at radius 3 is 2.90 bits per heavy atom. The number of hydrogen-bond donors (Lipinski definition) is 2. The second-order valence-corrected chi connectivity index (χ2v) is 6.06. The predicted octanol–water partition coefficient (Wildman–Crippen LogP) is 2.39. The Morgan fingerprint density at radius 1 is 1.35 bits per heavy atom. The molecule has 1 aliphatic heterocycles. The number of carboxylic acids is 1. The minimum atomic E-state index is -0.693. The molecule has 2 aromatic rings. The third-order valence-corrected chi connectivity index (χ3v) is 4.58. The zero-order valence-corrected chi connectivity index (χ0v) is 11.3. The molecule has 0 amide bonds. The summed E-state index contributed by atoms with van der Waals surface area (Å²) in [5, 5.41) is 10.7. The van der Waals surface area contributed by atoms with Crippen LogP contribution in [-0.4, -0.2) is 33.5 Å². The summed E-state index contributed by atoms with van der Waals surface area (Å²) in [6, 6.07) is 7.81. The van der Waals surface area contributed by atoms with E-state index in [1.165, 1.54) is 29.5 Å². The number of carboxylic acid groups (broad SMARTS) is 1. The molecule has 4 heteroatoms. The van der Waals surface area contributed by atoms with Crippen molar-refractivity contribution < 1.29 is 9.90 Å². The molecule has 1 aromatic heterocycles. The molecule has 104 valence electrons. The molecule has 2 N–H and O–H groups in total. The molecule has 0 saturated heterocycles. The molecule has 1 aliphatic carbocycles. The normalized spacial score (nSPS) is 22.9. The van der Waals surface area contributed by atoms with E-state index >= 15 is 0 Å². The summed E-state index contributed by atoms with van der Waals surface area (Å²) in [6.45, 7) is 1.66. The number of carbonyl (C=O) groups is 1. The number of aliphatic carboxylic acids is 1. The summed E-state index contributed by atoms with van der Waals surface area (Å²) in [6.07, 6.45) is 3.12. The van der Waals surface area contributed by atoms with Gasteiger partial charge in [0.05, 0.1) is 0 Å². The van der Waals surface area contributed by atoms with Gasteiger partial charge in [-0.25, -0.2) is 0 Å². The Morgan fingerprint density at radius 2 is 2.15 bits per heavy atom. The fourth-order valence-electron chi connectivity index (χ4n) is 3.33. The number of nitrogens with zero attached hydrogens (tertiary/aromatic N) is 1. The van der Waals surface area contributed by atoms with E-state index in [2.05, 4.69) is 22.0 Å². The summed E-state index contributed by atoms with van der Waals surface area (Å²) < 4.78 is 0. The molecule has 1 fully saturated rings. The van der Waals surface area contributed by atoms with Gasteiger partial charge in [0.2, 0.25) is 0 Å². The molecule has 0 spiro atoms. The standard InChI is InChI=1S/C16H18N2O2/c19-16(20)15-7-12-11-3-1-2-4-13(11)17-14(12)9-18(15)8-10-5-6-10/h1-4,10,15,17H,5-9H2,(H,19,20)/t15-/m0/s1. The van der Waals surface area contributed by atoms with E-state index < -0.39 is 5.97 Å². The molecule has 2 heterocycles. The molecule has 2 aliphatic rings. The second kappa shape index (κ2) is 4.35. The Labute approximate surface area is 117 Å². The molecule has 20 heavy (non-hydrogen) atoms. The minimum Gasteiger partial charge on any atom is -0.480 e. The van der Waals surface area contributed by atoms with E-state index in [1.807, 2.05) is 12.1 Å². The molecular weight excluding hydrogens is 252 g/mol. The van der Waals surface area contributed by atoms with Crippen molar-refractivity contribution in [3.05, 3.63) is 35.5 Å². The van der Waals surface area contributed by atoms with Crippen LogP contribution in [0.4, 0.5) is 0 Å². The number of rotatable bonds is 3. The SMILES string of the molecule is O=C(O)[C@@H]1Cc2c([nH]c3ccccc23)CN1CC1CC1. The van der Waals surface area contributed by atoms with Gasteiger partial charge in [-0.15, -0.1) is 0 Å². The number of nitrogens with one attached hydrogen (secondary N) is 1. The topological polar surface area (TPSA) is 56.3 Å². The van der Waals surface area contributed by atoms with Crippen LogP contribution in [0.5, 0.6) is 0 Å². The van der Waals surface area contributed by atoms with Gasteiger partial charge in [-0.05, 0) is 30.4 Å². The molecule has 0 radical (unpaired) electrons. The molecular formula is C16H18N2O2. The Bertz CT molecular complexity index is 672. The first-order valence-corrected chi connectivity index (χ1v) is 7.27. The van der Waals surface area contributed by atoms with E-state index in [9.17, 15) is 9.90 Å². The van der Waals surface area contributed by atoms with E-state index in [0.29, 0.717) is 12.3 Å². The van der Waals surface area contributed by atoms with Gasteiger partial charge in [0.25, 0.3) is 0 Å². The van der Waals surface area contributed by atoms with Gasteiger partial charge in [-0.1, -0.05) is 18.2 Å². The first kappa shape index (κ1) is 12.0. The summed E-state index contributed by atoms with van der Waals surface area (Å²) in [7, 11) is 0. The number of aromatic nitrogens is 1. The van der Waals surface area contributed by atoms with Gasteiger partial charge in [0, 0.05) is 36.1 Å². The quantitative estimate of drug-likeness (QED) is 0.900. The average molecular weight is 270 g/mol. The van der Waals surface area contributed by atoms with Crippen molar-refractivity contribution in [2.45, 2.75) is 31.8 Å². The summed E-state index contributed by atoms with van der Waals surface area (Å²) in [5.41, 5.74) is 3.51. The number of para-hydroxylation sites is 1. The summed E-state index contributed by atoms with van der Waals surface area (Å²) in [4.78, 5) is 17.2. The Kier molecular flexibility index (Phi) is 2.60. The van der Waals surface area contributed by atoms with Crippen LogP contribution in [0.15, 0.2) is 24.3 Å². The number of fused-ring (bicyclic) bond motifs is 3. The molecule has 0 unspecified atom stereocenters. The van der Waals surface area contributed by atoms with Crippen LogP contribution < -0.4 is 0 Å². The van der Waals surface area contributed by atoms with Gasteiger partial charge < -0.3 is 10.1 Å². The predicted molar refractivity (Wildman–Crippen MR) is 76.6 cm³/mol. The maximum absolute atomic E-state index is 11.6. The van der Waals surface area contributed by atoms with Crippen LogP contribution in [0.2, 0.25) is 0 Å². The lowest BCUT2D eigenvalue weighted by Crippen LogP contribution is -2.46. The van der Waals surface area contributed by atoms with Gasteiger partial charge in [0.15, 0.2) is 0 Å². The fourth-order valence-corrected chi connectivity index (χ4v) is 3.33. The van der Waals surface area contributed by atoms with Crippen LogP contribution in [0.1, 0.15) is 24.1 Å². The zero-order valence-electron chi connectivity index (χ0n) is 11.3. The minimum absolute atomic E-state index is 0.373. The van der Waals surface area contributed by atoms with Crippen molar-refractivity contribution >= 4 is 16.9 Å². The average Bonchev–Trinajstić information content (AvgIpc) is 3.17. The largest absolute Gasteiger partial charge is 0.480 e. The maximum atomic E-state index is 11.6. The molecule has 1 atom stereocenters. The summed E-state index contributed by atoms with van der Waals surface area (Å²) >= 11 is 0. The highest BCUT2D eigenvalue weighted by Crippen LogP contribution is 2.35. The van der Waals surface area contributed by atoms with E-state index in [0.717, 1.165) is 18.6 Å². The lowest BCUT2D eigenvalue weighted by Gasteiger charge is -2.33. The van der Waals surface area contributed by atoms with Crippen LogP contribution in [0.3, 0.4) is 0 Å². The maximum Gasteiger partial charge on any atom is 0.321 e. The smallest absolute Gasteiger partial charge is 0.321 e. The number of hydrogen-bond acceptors (Lipinski definition) is 2. The van der Waals surface area contributed by atoms with Gasteiger partial charge in [0.1, 0.15) is 6.04 Å². The van der Waals surface area contributed by atoms with Gasteiger partial charge in [-0.2, -0.15) is 0 Å². The van der Waals surface area contributed by atoms with Gasteiger partial charge >= 0.3 is 5.97 Å². The highest BCUT2D eigenvalue weighted by molar-refractivity contribution is 5.86.